The summed E-state index contributed by atoms with van der Waals surface area (Å²) in [5, 5.41) is 0. The highest BCUT2D eigenvalue weighted by Gasteiger charge is 2.40. The third-order valence-corrected chi connectivity index (χ3v) is 8.26. The van der Waals surface area contributed by atoms with Gasteiger partial charge >= 0.3 is 0 Å². The Balaban J connectivity index is 1.70. The Bertz CT molecular complexity index is 656. The Kier molecular flexibility index (Phi) is 10.7. The lowest BCUT2D eigenvalue weighted by Gasteiger charge is -2.45. The Hall–Kier alpha value is -1.04. The molecule has 0 nitrogen and oxygen atoms in total. The summed E-state index contributed by atoms with van der Waals surface area (Å²) in [5.74, 6) is 2.50. The van der Waals surface area contributed by atoms with E-state index in [1.165, 1.54) is 109 Å². The molecule has 0 fully saturated rings. The van der Waals surface area contributed by atoms with Gasteiger partial charge in [-0.1, -0.05) is 121 Å². The second kappa shape index (κ2) is 13.5. The summed E-state index contributed by atoms with van der Waals surface area (Å²) in [5.41, 5.74) is 6.88. The molecule has 174 valence electrons. The fraction of sp³-hybridized carbons (Fsp3) is 0.742. The van der Waals surface area contributed by atoms with Crippen molar-refractivity contribution in [2.45, 2.75) is 130 Å². The molecule has 0 saturated carbocycles. The van der Waals surface area contributed by atoms with Crippen LogP contribution in [0.15, 0.2) is 46.6 Å². The highest BCUT2D eigenvalue weighted by Crippen LogP contribution is 2.52. The van der Waals surface area contributed by atoms with Gasteiger partial charge < -0.3 is 0 Å². The average Bonchev–Trinajstić information content (AvgIpc) is 2.79. The van der Waals surface area contributed by atoms with E-state index in [9.17, 15) is 0 Å². The van der Waals surface area contributed by atoms with Crippen LogP contribution in [-0.4, -0.2) is 0 Å². The van der Waals surface area contributed by atoms with E-state index in [1.54, 1.807) is 22.3 Å². The van der Waals surface area contributed by atoms with E-state index >= 15 is 0 Å². The number of hydrogen-bond donors (Lipinski definition) is 0. The molecule has 3 aliphatic rings. The molecule has 0 N–H and O–H groups in total. The van der Waals surface area contributed by atoms with Gasteiger partial charge in [0.15, 0.2) is 0 Å². The molecular formula is C31H50. The van der Waals surface area contributed by atoms with Gasteiger partial charge in [-0.25, -0.2) is 0 Å². The van der Waals surface area contributed by atoms with Gasteiger partial charge in [0.2, 0.25) is 0 Å². The molecule has 0 amide bonds. The Morgan fingerprint density at radius 3 is 2.13 bits per heavy atom. The van der Waals surface area contributed by atoms with E-state index in [4.69, 9.17) is 0 Å². The second-order valence-electron chi connectivity index (χ2n) is 10.7. The van der Waals surface area contributed by atoms with Gasteiger partial charge in [0, 0.05) is 0 Å². The van der Waals surface area contributed by atoms with Crippen LogP contribution in [0, 0.1) is 17.8 Å². The SMILES string of the molecule is CCCCCCCCC1C2=C(CCC(C)=C2)C2=CC=CCC2C1CCCCCCCC. The fourth-order valence-electron chi connectivity index (χ4n) is 6.50. The average molecular weight is 423 g/mol. The first-order valence-electron chi connectivity index (χ1n) is 14.0. The second-order valence-corrected chi connectivity index (χ2v) is 10.7. The number of hydrogen-bond acceptors (Lipinski definition) is 0. The lowest BCUT2D eigenvalue weighted by Crippen LogP contribution is -2.33. The summed E-state index contributed by atoms with van der Waals surface area (Å²) in [7, 11) is 0. The van der Waals surface area contributed by atoms with Crippen molar-refractivity contribution in [2.24, 2.45) is 17.8 Å². The molecule has 0 saturated heterocycles. The van der Waals surface area contributed by atoms with Crippen molar-refractivity contribution in [3.8, 4) is 0 Å². The lowest BCUT2D eigenvalue weighted by molar-refractivity contribution is 0.230. The van der Waals surface area contributed by atoms with Gasteiger partial charge in [-0.05, 0) is 73.5 Å². The largest absolute Gasteiger partial charge is 0.0839 e. The molecular weight excluding hydrogens is 372 g/mol. The molecule has 0 aliphatic heterocycles. The van der Waals surface area contributed by atoms with E-state index in [-0.39, 0.29) is 0 Å². The third-order valence-electron chi connectivity index (χ3n) is 8.26. The zero-order valence-electron chi connectivity index (χ0n) is 21.1. The maximum atomic E-state index is 2.63. The fourth-order valence-corrected chi connectivity index (χ4v) is 6.50. The summed E-state index contributed by atoms with van der Waals surface area (Å²) in [6.45, 7) is 7.02. The van der Waals surface area contributed by atoms with E-state index in [2.05, 4.69) is 45.1 Å². The summed E-state index contributed by atoms with van der Waals surface area (Å²) in [6, 6.07) is 0. The maximum Gasteiger partial charge on any atom is -0.00903 e. The van der Waals surface area contributed by atoms with Crippen molar-refractivity contribution in [2.75, 3.05) is 0 Å². The Morgan fingerprint density at radius 1 is 0.774 bits per heavy atom. The smallest absolute Gasteiger partial charge is 0.00903 e. The van der Waals surface area contributed by atoms with Gasteiger partial charge in [0.1, 0.15) is 0 Å². The molecule has 3 aliphatic carbocycles. The highest BCUT2D eigenvalue weighted by molar-refractivity contribution is 5.51. The molecule has 0 aromatic carbocycles. The third kappa shape index (κ3) is 6.97. The van der Waals surface area contributed by atoms with Gasteiger partial charge in [0.05, 0.1) is 0 Å². The van der Waals surface area contributed by atoms with Crippen molar-refractivity contribution >= 4 is 0 Å². The van der Waals surface area contributed by atoms with Crippen LogP contribution in [0.2, 0.25) is 0 Å². The van der Waals surface area contributed by atoms with Crippen LogP contribution in [-0.2, 0) is 0 Å². The summed E-state index contributed by atoms with van der Waals surface area (Å²) >= 11 is 0. The standard InChI is InChI=1S/C31H50/c1-4-6-8-10-12-14-18-27-26-20-16-17-21-28(26)30-23-22-25(3)24-31(30)29(27)19-15-13-11-9-7-5-2/h16-17,21,24,26-27,29H,4-15,18-20,22-23H2,1-3H3. The van der Waals surface area contributed by atoms with Crippen LogP contribution >= 0.6 is 0 Å². The molecule has 0 bridgehead atoms. The minimum atomic E-state index is 0.802. The zero-order valence-corrected chi connectivity index (χ0v) is 21.1. The topological polar surface area (TPSA) is 0 Å². The molecule has 3 rings (SSSR count). The normalized spacial score (nSPS) is 25.2. The monoisotopic (exact) mass is 422 g/mol. The van der Waals surface area contributed by atoms with Crippen molar-refractivity contribution in [1.29, 1.82) is 0 Å². The van der Waals surface area contributed by atoms with Crippen molar-refractivity contribution in [3.05, 3.63) is 46.6 Å². The molecule has 0 aromatic heterocycles. The van der Waals surface area contributed by atoms with Crippen LogP contribution in [0.3, 0.4) is 0 Å². The quantitative estimate of drug-likeness (QED) is 0.244. The van der Waals surface area contributed by atoms with Gasteiger partial charge in [-0.2, -0.15) is 0 Å². The minimum absolute atomic E-state index is 0.802. The van der Waals surface area contributed by atoms with Crippen LogP contribution in [0.5, 0.6) is 0 Å². The number of rotatable bonds is 14. The molecule has 31 heavy (non-hydrogen) atoms. The molecule has 0 aromatic rings. The van der Waals surface area contributed by atoms with E-state index in [0.29, 0.717) is 0 Å². The predicted octanol–water partition coefficient (Wildman–Crippen LogP) is 10.3. The Morgan fingerprint density at radius 2 is 1.42 bits per heavy atom. The Labute approximate surface area is 194 Å². The summed E-state index contributed by atoms with van der Waals surface area (Å²) in [6.07, 6.45) is 33.8. The first-order chi connectivity index (χ1) is 15.3. The van der Waals surface area contributed by atoms with Crippen molar-refractivity contribution < 1.29 is 0 Å². The molecule has 0 spiro atoms. The molecule has 0 heterocycles. The van der Waals surface area contributed by atoms with E-state index in [0.717, 1.165) is 17.8 Å². The van der Waals surface area contributed by atoms with Crippen LogP contribution in [0.25, 0.3) is 0 Å². The van der Waals surface area contributed by atoms with Crippen LogP contribution in [0.1, 0.15) is 130 Å². The lowest BCUT2D eigenvalue weighted by atomic mass is 9.60. The van der Waals surface area contributed by atoms with Gasteiger partial charge in [0.25, 0.3) is 0 Å². The molecule has 0 heteroatoms. The summed E-state index contributed by atoms with van der Waals surface area (Å²) < 4.78 is 0. The van der Waals surface area contributed by atoms with Crippen LogP contribution in [0.4, 0.5) is 0 Å². The zero-order chi connectivity index (χ0) is 21.9. The predicted molar refractivity (Wildman–Crippen MR) is 138 cm³/mol. The van der Waals surface area contributed by atoms with Crippen LogP contribution < -0.4 is 0 Å². The van der Waals surface area contributed by atoms with Crippen molar-refractivity contribution in [1.82, 2.24) is 0 Å². The highest BCUT2D eigenvalue weighted by atomic mass is 14.4. The van der Waals surface area contributed by atoms with Crippen molar-refractivity contribution in [3.63, 3.8) is 0 Å². The number of fused-ring (bicyclic) bond motifs is 2. The first-order valence-corrected chi connectivity index (χ1v) is 14.0. The minimum Gasteiger partial charge on any atom is -0.0839 e. The van der Waals surface area contributed by atoms with Gasteiger partial charge in [-0.3, -0.25) is 0 Å². The first kappa shape index (κ1) is 24.6. The van der Waals surface area contributed by atoms with E-state index < -0.39 is 0 Å². The number of unbranched alkanes of at least 4 members (excludes halogenated alkanes) is 10. The molecule has 0 radical (unpaired) electrons. The summed E-state index contributed by atoms with van der Waals surface area (Å²) in [4.78, 5) is 0. The molecule has 3 atom stereocenters. The number of allylic oxidation sites excluding steroid dienone is 8. The molecule has 3 unspecified atom stereocenters. The van der Waals surface area contributed by atoms with Gasteiger partial charge in [-0.15, -0.1) is 0 Å². The maximum absolute atomic E-state index is 2.63. The van der Waals surface area contributed by atoms with E-state index in [1.807, 2.05) is 0 Å².